The zero-order valence-electron chi connectivity index (χ0n) is 15.1. The van der Waals surface area contributed by atoms with Crippen LogP contribution in [0.4, 0.5) is 5.82 Å². The fourth-order valence-electron chi connectivity index (χ4n) is 2.31. The molecule has 2 rings (SSSR count). The summed E-state index contributed by atoms with van der Waals surface area (Å²) < 4.78 is 11.3. The van der Waals surface area contributed by atoms with Crippen LogP contribution in [0, 0.1) is 6.92 Å². The second kappa shape index (κ2) is 9.22. The van der Waals surface area contributed by atoms with E-state index in [1.54, 1.807) is 6.20 Å². The lowest BCUT2D eigenvalue weighted by atomic mass is 10.1. The van der Waals surface area contributed by atoms with E-state index in [9.17, 15) is 0 Å². The summed E-state index contributed by atoms with van der Waals surface area (Å²) in [5, 5.41) is 6.88. The molecule has 1 aromatic carbocycles. The fourth-order valence-corrected chi connectivity index (χ4v) is 2.59. The van der Waals surface area contributed by atoms with Crippen LogP contribution in [0.1, 0.15) is 37.9 Å². The van der Waals surface area contributed by atoms with Gasteiger partial charge in [0.1, 0.15) is 5.82 Å². The Bertz CT molecular complexity index is 704. The Morgan fingerprint density at radius 2 is 1.84 bits per heavy atom. The molecule has 134 valence electrons. The highest BCUT2D eigenvalue weighted by molar-refractivity contribution is 7.80. The normalized spacial score (nSPS) is 11.5. The van der Waals surface area contributed by atoms with E-state index in [4.69, 9.17) is 21.7 Å². The third-order valence-corrected chi connectivity index (χ3v) is 3.79. The van der Waals surface area contributed by atoms with Crippen molar-refractivity contribution in [2.24, 2.45) is 0 Å². The number of aryl methyl sites for hydroxylation is 1. The summed E-state index contributed by atoms with van der Waals surface area (Å²) in [5.74, 6) is 2.22. The van der Waals surface area contributed by atoms with Crippen molar-refractivity contribution in [3.8, 4) is 11.5 Å². The van der Waals surface area contributed by atoms with E-state index in [1.807, 2.05) is 58.0 Å². The molecule has 0 aliphatic heterocycles. The molecule has 2 aromatic rings. The molecule has 1 aromatic heterocycles. The third kappa shape index (κ3) is 5.60. The van der Waals surface area contributed by atoms with Crippen molar-refractivity contribution >= 4 is 23.1 Å². The summed E-state index contributed by atoms with van der Waals surface area (Å²) in [6.07, 6.45) is 1.80. The summed E-state index contributed by atoms with van der Waals surface area (Å²) in [5.41, 5.74) is 2.17. The van der Waals surface area contributed by atoms with Crippen LogP contribution in [0.15, 0.2) is 36.5 Å². The highest BCUT2D eigenvalue weighted by Gasteiger charge is 2.12. The maximum Gasteiger partial charge on any atom is 0.172 e. The Labute approximate surface area is 154 Å². The van der Waals surface area contributed by atoms with Gasteiger partial charge in [0.2, 0.25) is 0 Å². The van der Waals surface area contributed by atoms with Crippen LogP contribution in [-0.2, 0) is 0 Å². The predicted molar refractivity (Wildman–Crippen MR) is 106 cm³/mol. The maximum absolute atomic E-state index is 5.68. The topological polar surface area (TPSA) is 55.4 Å². The van der Waals surface area contributed by atoms with E-state index < -0.39 is 0 Å². The minimum atomic E-state index is 0.0142. The summed E-state index contributed by atoms with van der Waals surface area (Å²) in [6, 6.07) is 9.83. The molecule has 0 bridgehead atoms. The lowest BCUT2D eigenvalue weighted by molar-refractivity contribution is 0.287. The molecule has 0 amide bonds. The van der Waals surface area contributed by atoms with Gasteiger partial charge in [0.25, 0.3) is 0 Å². The molecule has 25 heavy (non-hydrogen) atoms. The molecule has 1 heterocycles. The van der Waals surface area contributed by atoms with E-state index in [-0.39, 0.29) is 6.04 Å². The second-order valence-corrected chi connectivity index (χ2v) is 6.02. The van der Waals surface area contributed by atoms with Crippen LogP contribution in [-0.4, -0.2) is 23.3 Å². The Morgan fingerprint density at radius 3 is 2.48 bits per heavy atom. The predicted octanol–water partition coefficient (Wildman–Crippen LogP) is 4.24. The Balaban J connectivity index is 2.03. The molecular formula is C19H25N3O2S. The van der Waals surface area contributed by atoms with E-state index >= 15 is 0 Å². The number of nitrogens with zero attached hydrogens (tertiary/aromatic N) is 1. The second-order valence-electron chi connectivity index (χ2n) is 5.61. The molecule has 0 saturated heterocycles. The largest absolute Gasteiger partial charge is 0.490 e. The first-order chi connectivity index (χ1) is 12.0. The summed E-state index contributed by atoms with van der Waals surface area (Å²) >= 11 is 5.38. The van der Waals surface area contributed by atoms with E-state index in [0.717, 1.165) is 28.4 Å². The van der Waals surface area contributed by atoms with E-state index in [1.165, 1.54) is 0 Å². The fraction of sp³-hybridized carbons (Fsp3) is 0.368. The van der Waals surface area contributed by atoms with Crippen molar-refractivity contribution in [2.75, 3.05) is 18.5 Å². The van der Waals surface area contributed by atoms with Crippen LogP contribution in [0.25, 0.3) is 0 Å². The zero-order valence-corrected chi connectivity index (χ0v) is 15.9. The standard InChI is InChI=1S/C19H25N3O2S/c1-5-23-16-9-8-15(11-17(16)24-6-2)14(4)21-19(25)22-18-10-7-13(3)12-20-18/h7-12,14H,5-6H2,1-4H3,(H2,20,21,22,25). The molecule has 0 aliphatic carbocycles. The van der Waals surface area contributed by atoms with Crippen molar-refractivity contribution in [1.82, 2.24) is 10.3 Å². The molecule has 0 radical (unpaired) electrons. The first kappa shape index (κ1) is 19.0. The van der Waals surface area contributed by atoms with Gasteiger partial charge >= 0.3 is 0 Å². The van der Waals surface area contributed by atoms with Crippen molar-refractivity contribution < 1.29 is 9.47 Å². The molecular weight excluding hydrogens is 334 g/mol. The first-order valence-corrected chi connectivity index (χ1v) is 8.84. The summed E-state index contributed by atoms with van der Waals surface area (Å²) in [6.45, 7) is 9.14. The van der Waals surface area contributed by atoms with Gasteiger partial charge < -0.3 is 20.1 Å². The molecule has 0 saturated carbocycles. The van der Waals surface area contributed by atoms with Crippen molar-refractivity contribution in [1.29, 1.82) is 0 Å². The highest BCUT2D eigenvalue weighted by atomic mass is 32.1. The molecule has 5 nitrogen and oxygen atoms in total. The number of nitrogens with one attached hydrogen (secondary N) is 2. The van der Waals surface area contributed by atoms with Gasteiger partial charge in [0.15, 0.2) is 16.6 Å². The Kier molecular flexibility index (Phi) is 7.01. The van der Waals surface area contributed by atoms with Gasteiger partial charge in [0, 0.05) is 6.20 Å². The summed E-state index contributed by atoms with van der Waals surface area (Å²) in [4.78, 5) is 4.29. The first-order valence-electron chi connectivity index (χ1n) is 8.43. The van der Waals surface area contributed by atoms with Crippen molar-refractivity contribution in [3.05, 3.63) is 47.7 Å². The Morgan fingerprint density at radius 1 is 1.12 bits per heavy atom. The molecule has 0 spiro atoms. The molecule has 2 N–H and O–H groups in total. The van der Waals surface area contributed by atoms with Gasteiger partial charge in [-0.25, -0.2) is 4.98 Å². The lowest BCUT2D eigenvalue weighted by Gasteiger charge is -2.19. The minimum Gasteiger partial charge on any atom is -0.490 e. The lowest BCUT2D eigenvalue weighted by Crippen LogP contribution is -2.31. The quantitative estimate of drug-likeness (QED) is 0.722. The number of hydrogen-bond donors (Lipinski definition) is 2. The number of benzene rings is 1. The SMILES string of the molecule is CCOc1ccc(C(C)NC(=S)Nc2ccc(C)cn2)cc1OCC. The number of anilines is 1. The maximum atomic E-state index is 5.68. The number of pyridine rings is 1. The van der Waals surface area contributed by atoms with Gasteiger partial charge in [-0.15, -0.1) is 0 Å². The van der Waals surface area contributed by atoms with Crippen LogP contribution < -0.4 is 20.1 Å². The zero-order chi connectivity index (χ0) is 18.2. The van der Waals surface area contributed by atoms with Gasteiger partial charge in [-0.2, -0.15) is 0 Å². The van der Waals surface area contributed by atoms with E-state index in [2.05, 4.69) is 15.6 Å². The third-order valence-electron chi connectivity index (χ3n) is 3.57. The van der Waals surface area contributed by atoms with Gasteiger partial charge in [-0.05, 0) is 69.2 Å². The van der Waals surface area contributed by atoms with Gasteiger partial charge in [-0.3, -0.25) is 0 Å². The monoisotopic (exact) mass is 359 g/mol. The Hall–Kier alpha value is -2.34. The van der Waals surface area contributed by atoms with Crippen LogP contribution >= 0.6 is 12.2 Å². The molecule has 0 fully saturated rings. The average Bonchev–Trinajstić information content (AvgIpc) is 2.59. The molecule has 0 aliphatic rings. The number of aromatic nitrogens is 1. The highest BCUT2D eigenvalue weighted by Crippen LogP contribution is 2.30. The minimum absolute atomic E-state index is 0.0142. The van der Waals surface area contributed by atoms with Crippen molar-refractivity contribution in [3.63, 3.8) is 0 Å². The van der Waals surface area contributed by atoms with E-state index in [0.29, 0.717) is 18.3 Å². The van der Waals surface area contributed by atoms with Crippen molar-refractivity contribution in [2.45, 2.75) is 33.7 Å². The summed E-state index contributed by atoms with van der Waals surface area (Å²) in [7, 11) is 0. The molecule has 1 unspecified atom stereocenters. The van der Waals surface area contributed by atoms with Crippen LogP contribution in [0.3, 0.4) is 0 Å². The number of ether oxygens (including phenoxy) is 2. The molecule has 6 heteroatoms. The number of thiocarbonyl (C=S) groups is 1. The van der Waals surface area contributed by atoms with Gasteiger partial charge in [0.05, 0.1) is 19.3 Å². The van der Waals surface area contributed by atoms with Crippen LogP contribution in [0.2, 0.25) is 0 Å². The smallest absolute Gasteiger partial charge is 0.172 e. The average molecular weight is 359 g/mol. The number of rotatable bonds is 7. The molecule has 1 atom stereocenters. The van der Waals surface area contributed by atoms with Gasteiger partial charge in [-0.1, -0.05) is 12.1 Å². The van der Waals surface area contributed by atoms with Crippen LogP contribution in [0.5, 0.6) is 11.5 Å². The number of hydrogen-bond acceptors (Lipinski definition) is 4.